The Bertz CT molecular complexity index is 1090. The molecule has 0 spiro atoms. The van der Waals surface area contributed by atoms with Gasteiger partial charge in [-0.05, 0) is 54.8 Å². The van der Waals surface area contributed by atoms with Crippen LogP contribution in [0.5, 0.6) is 5.75 Å². The molecule has 0 fully saturated rings. The summed E-state index contributed by atoms with van der Waals surface area (Å²) in [5.74, 6) is 0.0741. The Hall–Kier alpha value is -2.93. The maximum atomic E-state index is 12.5. The maximum absolute atomic E-state index is 12.5. The first kappa shape index (κ1) is 19.8. The van der Waals surface area contributed by atoms with Crippen molar-refractivity contribution >= 4 is 33.4 Å². The largest absolute Gasteiger partial charge is 0.497 e. The highest BCUT2D eigenvalue weighted by Crippen LogP contribution is 2.22. The van der Waals surface area contributed by atoms with E-state index in [0.717, 1.165) is 32.7 Å². The van der Waals surface area contributed by atoms with Crippen LogP contribution in [0.25, 0.3) is 10.2 Å². The summed E-state index contributed by atoms with van der Waals surface area (Å²) in [5.41, 5.74) is 3.98. The van der Waals surface area contributed by atoms with Crippen molar-refractivity contribution in [3.63, 3.8) is 0 Å². The minimum Gasteiger partial charge on any atom is -0.497 e. The van der Waals surface area contributed by atoms with E-state index in [1.165, 1.54) is 18.4 Å². The number of amides is 1. The van der Waals surface area contributed by atoms with E-state index in [4.69, 9.17) is 9.47 Å². The first-order chi connectivity index (χ1) is 13.4. The van der Waals surface area contributed by atoms with Gasteiger partial charge in [0.05, 0.1) is 30.9 Å². The quantitative estimate of drug-likeness (QED) is 0.619. The van der Waals surface area contributed by atoms with Crippen LogP contribution in [-0.2, 0) is 27.3 Å². The molecule has 28 heavy (non-hydrogen) atoms. The number of carbonyl (C=O) groups is 2. The number of benzene rings is 2. The SMILES string of the molecule is COC(=O)Cn1c(=NC(=O)Cc2ccc(OC)cc2)sc2cc(C)c(C)cc21. The van der Waals surface area contributed by atoms with Gasteiger partial charge in [0.2, 0.25) is 0 Å². The fourth-order valence-electron chi connectivity index (χ4n) is 2.82. The molecule has 0 bridgehead atoms. The van der Waals surface area contributed by atoms with E-state index in [9.17, 15) is 9.59 Å². The molecule has 0 radical (unpaired) electrons. The van der Waals surface area contributed by atoms with Gasteiger partial charge in [-0.1, -0.05) is 23.5 Å². The van der Waals surface area contributed by atoms with Gasteiger partial charge in [0.25, 0.3) is 5.91 Å². The Morgan fingerprint density at radius 1 is 1.07 bits per heavy atom. The summed E-state index contributed by atoms with van der Waals surface area (Å²) in [6.45, 7) is 4.05. The van der Waals surface area contributed by atoms with E-state index < -0.39 is 0 Å². The van der Waals surface area contributed by atoms with Crippen LogP contribution in [0, 0.1) is 13.8 Å². The number of aryl methyl sites for hydroxylation is 2. The molecule has 7 heteroatoms. The lowest BCUT2D eigenvalue weighted by atomic mass is 10.1. The van der Waals surface area contributed by atoms with Crippen molar-refractivity contribution < 1.29 is 19.1 Å². The van der Waals surface area contributed by atoms with Crippen LogP contribution in [-0.4, -0.2) is 30.7 Å². The summed E-state index contributed by atoms with van der Waals surface area (Å²) in [5, 5.41) is 0. The lowest BCUT2D eigenvalue weighted by molar-refractivity contribution is -0.141. The Morgan fingerprint density at radius 2 is 1.75 bits per heavy atom. The molecular formula is C21H22N2O4S. The fourth-order valence-corrected chi connectivity index (χ4v) is 3.94. The first-order valence-electron chi connectivity index (χ1n) is 8.79. The van der Waals surface area contributed by atoms with Gasteiger partial charge in [0, 0.05) is 0 Å². The van der Waals surface area contributed by atoms with Crippen molar-refractivity contribution in [3.8, 4) is 5.75 Å². The number of aromatic nitrogens is 1. The topological polar surface area (TPSA) is 69.9 Å². The number of carbonyl (C=O) groups excluding carboxylic acids is 2. The average molecular weight is 398 g/mol. The normalized spacial score (nSPS) is 11.6. The zero-order valence-corrected chi connectivity index (χ0v) is 17.1. The van der Waals surface area contributed by atoms with Gasteiger partial charge in [-0.15, -0.1) is 0 Å². The third-order valence-electron chi connectivity index (χ3n) is 4.55. The second-order valence-electron chi connectivity index (χ2n) is 6.48. The minimum atomic E-state index is -0.387. The molecule has 3 rings (SSSR count). The molecule has 0 aliphatic heterocycles. The molecule has 1 aromatic heterocycles. The molecule has 0 aliphatic carbocycles. The predicted molar refractivity (Wildman–Crippen MR) is 109 cm³/mol. The van der Waals surface area contributed by atoms with Crippen LogP contribution in [0.1, 0.15) is 16.7 Å². The maximum Gasteiger partial charge on any atom is 0.325 e. The molecule has 0 unspecified atom stereocenters. The fraction of sp³-hybridized carbons (Fsp3) is 0.286. The van der Waals surface area contributed by atoms with Crippen molar-refractivity contribution in [2.75, 3.05) is 14.2 Å². The molecule has 0 aliphatic rings. The van der Waals surface area contributed by atoms with Gasteiger partial charge in [-0.3, -0.25) is 9.59 Å². The van der Waals surface area contributed by atoms with E-state index >= 15 is 0 Å². The lowest BCUT2D eigenvalue weighted by Gasteiger charge is -2.05. The van der Waals surface area contributed by atoms with Gasteiger partial charge in [-0.2, -0.15) is 4.99 Å². The summed E-state index contributed by atoms with van der Waals surface area (Å²) in [6.07, 6.45) is 0.175. The second kappa shape index (κ2) is 8.39. The summed E-state index contributed by atoms with van der Waals surface area (Å²) in [7, 11) is 2.94. The molecule has 6 nitrogen and oxygen atoms in total. The molecule has 0 atom stereocenters. The smallest absolute Gasteiger partial charge is 0.325 e. The van der Waals surface area contributed by atoms with Crippen molar-refractivity contribution in [2.45, 2.75) is 26.8 Å². The van der Waals surface area contributed by atoms with Crippen molar-refractivity contribution in [1.82, 2.24) is 4.57 Å². The van der Waals surface area contributed by atoms with E-state index in [2.05, 4.69) is 11.1 Å². The van der Waals surface area contributed by atoms with Gasteiger partial charge >= 0.3 is 5.97 Å². The number of ether oxygens (including phenoxy) is 2. The number of fused-ring (bicyclic) bond motifs is 1. The third kappa shape index (κ3) is 4.31. The first-order valence-corrected chi connectivity index (χ1v) is 9.61. The minimum absolute atomic E-state index is 0.00759. The lowest BCUT2D eigenvalue weighted by Crippen LogP contribution is -2.22. The van der Waals surface area contributed by atoms with E-state index in [-0.39, 0.29) is 24.8 Å². The highest BCUT2D eigenvalue weighted by Gasteiger charge is 2.13. The van der Waals surface area contributed by atoms with E-state index in [0.29, 0.717) is 4.80 Å². The zero-order chi connectivity index (χ0) is 20.3. The summed E-state index contributed by atoms with van der Waals surface area (Å²) in [6, 6.07) is 11.4. The third-order valence-corrected chi connectivity index (χ3v) is 5.59. The zero-order valence-electron chi connectivity index (χ0n) is 16.3. The van der Waals surface area contributed by atoms with Gasteiger partial charge < -0.3 is 14.0 Å². The highest BCUT2D eigenvalue weighted by atomic mass is 32.1. The standard InChI is InChI=1S/C21H22N2O4S/c1-13-9-17-18(10-14(13)2)28-21(23(17)12-20(25)27-4)22-19(24)11-15-5-7-16(26-3)8-6-15/h5-10H,11-12H2,1-4H3. The molecule has 0 saturated carbocycles. The van der Waals surface area contributed by atoms with Crippen LogP contribution in [0.15, 0.2) is 41.4 Å². The second-order valence-corrected chi connectivity index (χ2v) is 7.49. The van der Waals surface area contributed by atoms with Crippen molar-refractivity contribution in [1.29, 1.82) is 0 Å². The molecule has 1 amide bonds. The van der Waals surface area contributed by atoms with E-state index in [1.807, 2.05) is 44.2 Å². The van der Waals surface area contributed by atoms with Gasteiger partial charge in [0.1, 0.15) is 12.3 Å². The number of methoxy groups -OCH3 is 2. The van der Waals surface area contributed by atoms with Crippen LogP contribution in [0.2, 0.25) is 0 Å². The predicted octanol–water partition coefficient (Wildman–Crippen LogP) is 3.17. The number of hydrogen-bond acceptors (Lipinski definition) is 5. The Balaban J connectivity index is 2.00. The molecular weight excluding hydrogens is 376 g/mol. The summed E-state index contributed by atoms with van der Waals surface area (Å²) >= 11 is 1.39. The Labute approximate surface area is 167 Å². The molecule has 0 saturated heterocycles. The number of esters is 1. The monoisotopic (exact) mass is 398 g/mol. The molecule has 1 heterocycles. The van der Waals surface area contributed by atoms with E-state index in [1.54, 1.807) is 11.7 Å². The Morgan fingerprint density at radius 3 is 2.39 bits per heavy atom. The highest BCUT2D eigenvalue weighted by molar-refractivity contribution is 7.16. The van der Waals surface area contributed by atoms with Crippen LogP contribution in [0.4, 0.5) is 0 Å². The summed E-state index contributed by atoms with van der Waals surface area (Å²) < 4.78 is 12.7. The Kier molecular flexibility index (Phi) is 5.94. The number of thiazole rings is 1. The number of nitrogens with zero attached hydrogens (tertiary/aromatic N) is 2. The van der Waals surface area contributed by atoms with Crippen molar-refractivity contribution in [3.05, 3.63) is 57.9 Å². The molecule has 2 aromatic carbocycles. The molecule has 3 aromatic rings. The van der Waals surface area contributed by atoms with Gasteiger partial charge in [-0.25, -0.2) is 0 Å². The number of rotatable bonds is 5. The average Bonchev–Trinajstić information content (AvgIpc) is 2.98. The van der Waals surface area contributed by atoms with Crippen molar-refractivity contribution in [2.24, 2.45) is 4.99 Å². The number of hydrogen-bond donors (Lipinski definition) is 0. The summed E-state index contributed by atoms with van der Waals surface area (Å²) in [4.78, 5) is 29.2. The van der Waals surface area contributed by atoms with Crippen LogP contribution < -0.4 is 9.54 Å². The van der Waals surface area contributed by atoms with Gasteiger partial charge in [0.15, 0.2) is 4.80 Å². The molecule has 0 N–H and O–H groups in total. The molecule has 146 valence electrons. The van der Waals surface area contributed by atoms with Crippen LogP contribution in [0.3, 0.4) is 0 Å². The van der Waals surface area contributed by atoms with Crippen LogP contribution >= 0.6 is 11.3 Å².